The van der Waals surface area contributed by atoms with Crippen LogP contribution in [-0.2, 0) is 0 Å². The van der Waals surface area contributed by atoms with Crippen molar-refractivity contribution in [3.05, 3.63) is 94.5 Å². The van der Waals surface area contributed by atoms with Crippen molar-refractivity contribution in [3.8, 4) is 22.6 Å². The molecule has 0 saturated heterocycles. The lowest BCUT2D eigenvalue weighted by Gasteiger charge is -2.26. The maximum absolute atomic E-state index is 13.1. The van der Waals surface area contributed by atoms with Gasteiger partial charge in [-0.05, 0) is 30.7 Å². The van der Waals surface area contributed by atoms with E-state index >= 15 is 0 Å². The molecule has 2 heterocycles. The summed E-state index contributed by atoms with van der Waals surface area (Å²) in [5.41, 5.74) is 1.93. The lowest BCUT2D eigenvalue weighted by molar-refractivity contribution is 0.0771. The van der Waals surface area contributed by atoms with Crippen molar-refractivity contribution in [3.63, 3.8) is 0 Å². The van der Waals surface area contributed by atoms with Gasteiger partial charge >= 0.3 is 5.63 Å². The summed E-state index contributed by atoms with van der Waals surface area (Å²) in [5, 5.41) is 3.94. The number of benzene rings is 3. The van der Waals surface area contributed by atoms with Crippen LogP contribution >= 0.6 is 0 Å². The smallest absolute Gasteiger partial charge is 0.344 e. The van der Waals surface area contributed by atoms with E-state index in [1.165, 1.54) is 0 Å². The predicted molar refractivity (Wildman–Crippen MR) is 121 cm³/mol. The van der Waals surface area contributed by atoms with Crippen LogP contribution in [0.15, 0.2) is 82.0 Å². The summed E-state index contributed by atoms with van der Waals surface area (Å²) >= 11 is 0. The number of carbonyl (C=O) groups excluding carboxylic acids is 1. The largest absolute Gasteiger partial charge is 0.486 e. The highest BCUT2D eigenvalue weighted by molar-refractivity contribution is 6.07. The third kappa shape index (κ3) is 3.71. The van der Waals surface area contributed by atoms with Gasteiger partial charge in [0, 0.05) is 10.9 Å². The van der Waals surface area contributed by atoms with E-state index in [9.17, 15) is 9.59 Å². The van der Waals surface area contributed by atoms with Crippen LogP contribution in [0.25, 0.3) is 21.9 Å². The van der Waals surface area contributed by atoms with Crippen molar-refractivity contribution in [1.29, 1.82) is 0 Å². The maximum Gasteiger partial charge on any atom is 0.344 e. The SMILES string of the molecule is Cc1ccc(-c2c(C(=O)NC[C@H]3COc4ccccc4O3)oc(=O)c3ccccc23)cc1. The van der Waals surface area contributed by atoms with E-state index in [-0.39, 0.29) is 18.4 Å². The fraction of sp³-hybridized carbons (Fsp3) is 0.154. The molecular formula is C26H21NO5. The number of fused-ring (bicyclic) bond motifs is 2. The fourth-order valence-electron chi connectivity index (χ4n) is 3.82. The summed E-state index contributed by atoms with van der Waals surface area (Å²) in [5.74, 6) is 0.813. The highest BCUT2D eigenvalue weighted by Crippen LogP contribution is 2.32. The number of carbonyl (C=O) groups is 1. The molecule has 0 spiro atoms. The van der Waals surface area contributed by atoms with E-state index in [2.05, 4.69) is 5.32 Å². The molecule has 4 aromatic rings. The summed E-state index contributed by atoms with van der Waals surface area (Å²) in [7, 11) is 0. The van der Waals surface area contributed by atoms with Crippen molar-refractivity contribution in [2.45, 2.75) is 13.0 Å². The molecule has 5 rings (SSSR count). The zero-order valence-electron chi connectivity index (χ0n) is 17.5. The van der Waals surface area contributed by atoms with E-state index < -0.39 is 11.5 Å². The number of para-hydroxylation sites is 2. The molecule has 1 amide bonds. The van der Waals surface area contributed by atoms with Crippen molar-refractivity contribution in [2.24, 2.45) is 0 Å². The highest BCUT2D eigenvalue weighted by Gasteiger charge is 2.25. The standard InChI is InChI=1S/C26H21NO5/c1-16-10-12-17(13-11-16)23-19-6-2-3-7-20(19)26(29)32-24(23)25(28)27-14-18-15-30-21-8-4-5-9-22(21)31-18/h2-13,18H,14-15H2,1H3,(H,27,28)/t18-/m0/s1. The molecular weight excluding hydrogens is 406 g/mol. The molecule has 0 aliphatic carbocycles. The number of hydrogen-bond acceptors (Lipinski definition) is 5. The second-order valence-electron chi connectivity index (χ2n) is 7.71. The van der Waals surface area contributed by atoms with Crippen molar-refractivity contribution in [1.82, 2.24) is 5.32 Å². The van der Waals surface area contributed by atoms with Crippen molar-refractivity contribution >= 4 is 16.7 Å². The first kappa shape index (κ1) is 19.9. The molecule has 0 fully saturated rings. The Morgan fingerprint density at radius 3 is 2.41 bits per heavy atom. The summed E-state index contributed by atoms with van der Waals surface area (Å²) in [6.07, 6.45) is -0.358. The Labute approximate surface area is 184 Å². The van der Waals surface area contributed by atoms with Crippen LogP contribution in [0.3, 0.4) is 0 Å². The van der Waals surface area contributed by atoms with E-state index in [1.807, 2.05) is 67.6 Å². The van der Waals surface area contributed by atoms with E-state index in [1.54, 1.807) is 12.1 Å². The topological polar surface area (TPSA) is 77.8 Å². The number of aryl methyl sites for hydroxylation is 1. The molecule has 6 nitrogen and oxygen atoms in total. The van der Waals surface area contributed by atoms with Gasteiger partial charge in [-0.25, -0.2) is 4.79 Å². The van der Waals surface area contributed by atoms with Gasteiger partial charge in [0.05, 0.1) is 11.9 Å². The summed E-state index contributed by atoms with van der Waals surface area (Å²) in [4.78, 5) is 25.7. The van der Waals surface area contributed by atoms with Crippen LogP contribution in [0, 0.1) is 6.92 Å². The monoisotopic (exact) mass is 427 g/mol. The molecule has 0 saturated carbocycles. The van der Waals surface area contributed by atoms with Gasteiger partial charge in [0.15, 0.2) is 11.5 Å². The van der Waals surface area contributed by atoms with Crippen molar-refractivity contribution in [2.75, 3.05) is 13.2 Å². The second-order valence-corrected chi connectivity index (χ2v) is 7.71. The first-order valence-electron chi connectivity index (χ1n) is 10.4. The normalized spacial score (nSPS) is 14.8. The van der Waals surface area contributed by atoms with Crippen LogP contribution < -0.4 is 20.4 Å². The third-order valence-electron chi connectivity index (χ3n) is 5.44. The number of nitrogens with one attached hydrogen (secondary N) is 1. The lowest BCUT2D eigenvalue weighted by atomic mass is 9.97. The number of amides is 1. The van der Waals surface area contributed by atoms with Gasteiger partial charge in [-0.1, -0.05) is 60.2 Å². The molecule has 3 aromatic carbocycles. The number of ether oxygens (including phenoxy) is 2. The first-order valence-corrected chi connectivity index (χ1v) is 10.4. The van der Waals surface area contributed by atoms with Crippen LogP contribution in [0.4, 0.5) is 0 Å². The third-order valence-corrected chi connectivity index (χ3v) is 5.44. The average molecular weight is 427 g/mol. The van der Waals surface area contributed by atoms with Crippen LogP contribution in [0.1, 0.15) is 16.1 Å². The zero-order chi connectivity index (χ0) is 22.1. The number of hydrogen-bond donors (Lipinski definition) is 1. The molecule has 0 unspecified atom stereocenters. The Kier molecular flexibility index (Phi) is 5.11. The van der Waals surface area contributed by atoms with Gasteiger partial charge in [0.25, 0.3) is 5.91 Å². The molecule has 0 bridgehead atoms. The van der Waals surface area contributed by atoms with Gasteiger partial charge < -0.3 is 19.2 Å². The molecule has 1 aliphatic heterocycles. The fourth-order valence-corrected chi connectivity index (χ4v) is 3.82. The Morgan fingerprint density at radius 1 is 0.938 bits per heavy atom. The zero-order valence-corrected chi connectivity index (χ0v) is 17.5. The predicted octanol–water partition coefficient (Wildman–Crippen LogP) is 4.34. The van der Waals surface area contributed by atoms with Gasteiger partial charge in [0.2, 0.25) is 5.76 Å². The molecule has 1 atom stereocenters. The Bertz CT molecular complexity index is 1360. The molecule has 32 heavy (non-hydrogen) atoms. The molecule has 1 aliphatic rings. The van der Waals surface area contributed by atoms with E-state index in [0.29, 0.717) is 34.4 Å². The minimum Gasteiger partial charge on any atom is -0.486 e. The minimum atomic E-state index is -0.548. The first-order chi connectivity index (χ1) is 15.6. The van der Waals surface area contributed by atoms with Gasteiger partial charge in [-0.15, -0.1) is 0 Å². The van der Waals surface area contributed by atoms with Gasteiger partial charge in [-0.2, -0.15) is 0 Å². The minimum absolute atomic E-state index is 0.0188. The quantitative estimate of drug-likeness (QED) is 0.524. The molecule has 6 heteroatoms. The summed E-state index contributed by atoms with van der Waals surface area (Å²) in [6.45, 7) is 2.51. The molecule has 0 radical (unpaired) electrons. The van der Waals surface area contributed by atoms with E-state index in [0.717, 1.165) is 11.1 Å². The average Bonchev–Trinajstić information content (AvgIpc) is 2.83. The molecule has 1 N–H and O–H groups in total. The van der Waals surface area contributed by atoms with Crippen LogP contribution in [-0.4, -0.2) is 25.2 Å². The second kappa shape index (κ2) is 8.23. The Balaban J connectivity index is 1.47. The van der Waals surface area contributed by atoms with Gasteiger partial charge in [-0.3, -0.25) is 4.79 Å². The Morgan fingerprint density at radius 2 is 1.62 bits per heavy atom. The van der Waals surface area contributed by atoms with Crippen molar-refractivity contribution < 1.29 is 18.7 Å². The maximum atomic E-state index is 13.1. The van der Waals surface area contributed by atoms with E-state index in [4.69, 9.17) is 13.9 Å². The highest BCUT2D eigenvalue weighted by atomic mass is 16.6. The summed E-state index contributed by atoms with van der Waals surface area (Å²) in [6, 6.07) is 22.3. The van der Waals surface area contributed by atoms with Crippen LogP contribution in [0.5, 0.6) is 11.5 Å². The Hall–Kier alpha value is -4.06. The lowest BCUT2D eigenvalue weighted by Crippen LogP contribution is -2.41. The number of rotatable bonds is 4. The van der Waals surface area contributed by atoms with Gasteiger partial charge in [0.1, 0.15) is 12.7 Å². The summed E-state index contributed by atoms with van der Waals surface area (Å²) < 4.78 is 17.1. The van der Waals surface area contributed by atoms with Crippen LogP contribution in [0.2, 0.25) is 0 Å². The molecule has 160 valence electrons. The molecule has 1 aromatic heterocycles.